The number of likely N-dealkylation sites (N-methyl/N-ethyl adjacent to an activating group) is 1. The van der Waals surface area contributed by atoms with E-state index >= 15 is 0 Å². The van der Waals surface area contributed by atoms with Crippen molar-refractivity contribution >= 4 is 27.5 Å². The first kappa shape index (κ1) is 19.5. The van der Waals surface area contributed by atoms with E-state index in [9.17, 15) is 0 Å². The standard InChI is InChI=1S/C27H23N7/c1-34-10-8-23-20(15-34)19-13-18(5-7-22(19)30-23)27-29-14-25-26(31-27)24(32-33-25)12-16-4-6-21-17(11-16)3-2-9-28-21/h2-7,9,11,13-14,24,30H,8,10,12,15H2,1H3. The topological polar surface area (TPSA) is 82.4 Å². The number of aromatic nitrogens is 4. The van der Waals surface area contributed by atoms with Gasteiger partial charge in [-0.3, -0.25) is 4.98 Å². The fraction of sp³-hybridized carbons (Fsp3) is 0.222. The van der Waals surface area contributed by atoms with E-state index in [0.717, 1.165) is 59.6 Å². The molecule has 7 rings (SSSR count). The number of pyridine rings is 1. The molecule has 5 aromatic rings. The number of nitrogens with one attached hydrogen (secondary N) is 1. The minimum absolute atomic E-state index is 0.108. The van der Waals surface area contributed by atoms with Crippen LogP contribution in [0, 0.1) is 0 Å². The Morgan fingerprint density at radius 2 is 2.06 bits per heavy atom. The average Bonchev–Trinajstić information content (AvgIpc) is 3.44. The van der Waals surface area contributed by atoms with Crippen molar-refractivity contribution in [1.82, 2.24) is 24.8 Å². The van der Waals surface area contributed by atoms with Crippen LogP contribution in [0.5, 0.6) is 0 Å². The molecule has 166 valence electrons. The van der Waals surface area contributed by atoms with Crippen molar-refractivity contribution in [3.63, 3.8) is 0 Å². The van der Waals surface area contributed by atoms with Crippen molar-refractivity contribution < 1.29 is 0 Å². The Hall–Kier alpha value is -3.97. The summed E-state index contributed by atoms with van der Waals surface area (Å²) in [5, 5.41) is 11.3. The molecule has 1 atom stereocenters. The summed E-state index contributed by atoms with van der Waals surface area (Å²) in [7, 11) is 2.18. The molecule has 0 bridgehead atoms. The van der Waals surface area contributed by atoms with Crippen molar-refractivity contribution in [3.05, 3.63) is 83.4 Å². The smallest absolute Gasteiger partial charge is 0.159 e. The highest BCUT2D eigenvalue weighted by Crippen LogP contribution is 2.38. The largest absolute Gasteiger partial charge is 0.358 e. The zero-order valence-corrected chi connectivity index (χ0v) is 18.9. The maximum Gasteiger partial charge on any atom is 0.159 e. The van der Waals surface area contributed by atoms with E-state index in [2.05, 4.69) is 79.6 Å². The van der Waals surface area contributed by atoms with E-state index in [0.29, 0.717) is 0 Å². The summed E-state index contributed by atoms with van der Waals surface area (Å²) in [5.41, 5.74) is 8.79. The molecular formula is C27H23N7. The lowest BCUT2D eigenvalue weighted by Crippen LogP contribution is -2.25. The molecule has 1 N–H and O–H groups in total. The predicted octanol–water partition coefficient (Wildman–Crippen LogP) is 5.54. The first-order valence-corrected chi connectivity index (χ1v) is 11.6. The number of hydrogen-bond acceptors (Lipinski definition) is 6. The van der Waals surface area contributed by atoms with E-state index in [1.807, 2.05) is 12.3 Å². The third-order valence-electron chi connectivity index (χ3n) is 6.94. The number of fused-ring (bicyclic) bond motifs is 5. The first-order valence-electron chi connectivity index (χ1n) is 11.6. The van der Waals surface area contributed by atoms with Crippen LogP contribution >= 0.6 is 0 Å². The summed E-state index contributed by atoms with van der Waals surface area (Å²) in [5.74, 6) is 0.722. The molecule has 0 spiro atoms. The quantitative estimate of drug-likeness (QED) is 0.395. The minimum atomic E-state index is -0.108. The van der Waals surface area contributed by atoms with Gasteiger partial charge in [-0.25, -0.2) is 9.97 Å². The van der Waals surface area contributed by atoms with Gasteiger partial charge in [0.15, 0.2) is 5.82 Å². The van der Waals surface area contributed by atoms with Gasteiger partial charge in [0.2, 0.25) is 0 Å². The lowest BCUT2D eigenvalue weighted by atomic mass is 10.0. The molecule has 0 fully saturated rings. The van der Waals surface area contributed by atoms with Crippen LogP contribution in [-0.4, -0.2) is 38.4 Å². The summed E-state index contributed by atoms with van der Waals surface area (Å²) >= 11 is 0. The second-order valence-corrected chi connectivity index (χ2v) is 9.26. The van der Waals surface area contributed by atoms with Crippen molar-refractivity contribution in [2.24, 2.45) is 10.2 Å². The van der Waals surface area contributed by atoms with Gasteiger partial charge in [0.1, 0.15) is 11.7 Å². The maximum atomic E-state index is 4.95. The molecule has 0 amide bonds. The molecule has 7 nitrogen and oxygen atoms in total. The summed E-state index contributed by atoms with van der Waals surface area (Å²) in [6, 6.07) is 16.8. The molecule has 3 aromatic heterocycles. The Morgan fingerprint density at radius 3 is 3.03 bits per heavy atom. The molecule has 2 aromatic carbocycles. The van der Waals surface area contributed by atoms with Crippen LogP contribution in [0.15, 0.2) is 71.2 Å². The summed E-state index contributed by atoms with van der Waals surface area (Å²) < 4.78 is 0. The summed E-state index contributed by atoms with van der Waals surface area (Å²) in [6.45, 7) is 2.05. The van der Waals surface area contributed by atoms with Gasteiger partial charge in [0, 0.05) is 59.7 Å². The van der Waals surface area contributed by atoms with Crippen LogP contribution < -0.4 is 0 Å². The highest BCUT2D eigenvalue weighted by atomic mass is 15.2. The van der Waals surface area contributed by atoms with Crippen LogP contribution in [0.4, 0.5) is 5.69 Å². The van der Waals surface area contributed by atoms with E-state index in [1.54, 1.807) is 6.20 Å². The Labute approximate surface area is 196 Å². The van der Waals surface area contributed by atoms with E-state index in [4.69, 9.17) is 4.98 Å². The van der Waals surface area contributed by atoms with Crippen molar-refractivity contribution in [3.8, 4) is 11.4 Å². The fourth-order valence-electron chi connectivity index (χ4n) is 5.14. The van der Waals surface area contributed by atoms with Crippen molar-refractivity contribution in [2.75, 3.05) is 13.6 Å². The van der Waals surface area contributed by atoms with Crippen LogP contribution in [-0.2, 0) is 19.4 Å². The van der Waals surface area contributed by atoms with Gasteiger partial charge < -0.3 is 9.88 Å². The Morgan fingerprint density at radius 1 is 1.09 bits per heavy atom. The monoisotopic (exact) mass is 445 g/mol. The number of azo groups is 1. The average molecular weight is 446 g/mol. The Balaban J connectivity index is 1.23. The normalized spacial score (nSPS) is 17.4. The molecule has 0 saturated heterocycles. The number of rotatable bonds is 3. The first-order chi connectivity index (χ1) is 16.7. The van der Waals surface area contributed by atoms with Crippen molar-refractivity contribution in [2.45, 2.75) is 25.4 Å². The lowest BCUT2D eigenvalue weighted by Gasteiger charge is -2.22. The van der Waals surface area contributed by atoms with Crippen LogP contribution in [0.1, 0.15) is 28.6 Å². The van der Waals surface area contributed by atoms with Gasteiger partial charge in [0.05, 0.1) is 17.4 Å². The maximum absolute atomic E-state index is 4.95. The summed E-state index contributed by atoms with van der Waals surface area (Å²) in [4.78, 5) is 20.0. The SMILES string of the molecule is CN1CCc2[nH]c3ccc(-c4ncc5c(n4)C(Cc4ccc6ncccc6c4)N=N5)cc3c2C1. The second-order valence-electron chi connectivity index (χ2n) is 9.26. The molecule has 2 aliphatic rings. The molecule has 0 saturated carbocycles. The fourth-order valence-corrected chi connectivity index (χ4v) is 5.14. The zero-order valence-electron chi connectivity index (χ0n) is 18.9. The molecule has 7 heteroatoms. The third-order valence-corrected chi connectivity index (χ3v) is 6.94. The van der Waals surface area contributed by atoms with E-state index in [1.165, 1.54) is 27.7 Å². The lowest BCUT2D eigenvalue weighted by molar-refractivity contribution is 0.313. The number of hydrogen-bond donors (Lipinski definition) is 1. The van der Waals surface area contributed by atoms with Gasteiger partial charge in [-0.1, -0.05) is 12.1 Å². The summed E-state index contributed by atoms with van der Waals surface area (Å²) in [6.07, 6.45) is 5.42. The number of benzene rings is 2. The molecular weight excluding hydrogens is 422 g/mol. The molecule has 5 heterocycles. The van der Waals surface area contributed by atoms with E-state index in [-0.39, 0.29) is 6.04 Å². The number of H-pyrrole nitrogens is 1. The minimum Gasteiger partial charge on any atom is -0.358 e. The van der Waals surface area contributed by atoms with Gasteiger partial charge in [-0.05, 0) is 54.6 Å². The predicted molar refractivity (Wildman–Crippen MR) is 132 cm³/mol. The van der Waals surface area contributed by atoms with Gasteiger partial charge >= 0.3 is 0 Å². The highest BCUT2D eigenvalue weighted by Gasteiger charge is 2.25. The van der Waals surface area contributed by atoms with Crippen LogP contribution in [0.3, 0.4) is 0 Å². The number of aromatic amines is 1. The molecule has 1 unspecified atom stereocenters. The third kappa shape index (κ3) is 3.20. The molecule has 0 aliphatic carbocycles. The van der Waals surface area contributed by atoms with Crippen molar-refractivity contribution in [1.29, 1.82) is 0 Å². The van der Waals surface area contributed by atoms with Crippen LogP contribution in [0.25, 0.3) is 33.2 Å². The van der Waals surface area contributed by atoms with Gasteiger partial charge in [-0.15, -0.1) is 0 Å². The van der Waals surface area contributed by atoms with Gasteiger partial charge in [0.25, 0.3) is 0 Å². The molecule has 0 radical (unpaired) electrons. The molecule has 2 aliphatic heterocycles. The zero-order chi connectivity index (χ0) is 22.6. The highest BCUT2D eigenvalue weighted by molar-refractivity contribution is 5.88. The van der Waals surface area contributed by atoms with Gasteiger partial charge in [-0.2, -0.15) is 10.2 Å². The molecule has 34 heavy (non-hydrogen) atoms. The van der Waals surface area contributed by atoms with E-state index < -0.39 is 0 Å². The Bertz CT molecular complexity index is 1600. The van der Waals surface area contributed by atoms with Crippen LogP contribution in [0.2, 0.25) is 0 Å². The Kier molecular flexibility index (Phi) is 4.32. The second kappa shape index (κ2) is 7.53. The number of nitrogens with zero attached hydrogens (tertiary/aromatic N) is 6.